The van der Waals surface area contributed by atoms with E-state index in [1.165, 1.54) is 11.1 Å². The van der Waals surface area contributed by atoms with Crippen molar-refractivity contribution in [3.63, 3.8) is 0 Å². The van der Waals surface area contributed by atoms with E-state index >= 15 is 0 Å². The Kier molecular flexibility index (Phi) is 4.18. The summed E-state index contributed by atoms with van der Waals surface area (Å²) in [4.78, 5) is 15.9. The largest absolute Gasteiger partial charge is 0.497 e. The molecule has 0 aromatic heterocycles. The molecule has 3 aromatic carbocycles. The number of nitrogens with zero attached hydrogens (tertiary/aromatic N) is 1. The van der Waals surface area contributed by atoms with Gasteiger partial charge in [0.25, 0.3) is 5.91 Å². The first kappa shape index (κ1) is 18.0. The van der Waals surface area contributed by atoms with Crippen molar-refractivity contribution in [1.82, 2.24) is 5.32 Å². The van der Waals surface area contributed by atoms with Crippen LogP contribution in [0.3, 0.4) is 0 Å². The molecule has 3 aromatic rings. The molecule has 1 amide bonds. The van der Waals surface area contributed by atoms with Crippen LogP contribution in [0.5, 0.6) is 5.75 Å². The molecule has 0 aliphatic carbocycles. The molecule has 0 saturated heterocycles. The number of hydrogen-bond acceptors (Lipinski definition) is 3. The van der Waals surface area contributed by atoms with Gasteiger partial charge in [-0.25, -0.2) is 0 Å². The lowest BCUT2D eigenvalue weighted by molar-refractivity contribution is -0.123. The fourth-order valence-electron chi connectivity index (χ4n) is 4.67. The number of nitrogens with one attached hydrogen (secondary N) is 1. The highest BCUT2D eigenvalue weighted by atomic mass is 16.5. The predicted octanol–water partition coefficient (Wildman–Crippen LogP) is 3.94. The topological polar surface area (TPSA) is 41.6 Å². The van der Waals surface area contributed by atoms with Gasteiger partial charge in [-0.15, -0.1) is 0 Å². The smallest absolute Gasteiger partial charge is 0.256 e. The molecular weight excluding hydrogens is 360 g/mol. The van der Waals surface area contributed by atoms with Gasteiger partial charge in [0, 0.05) is 12.1 Å². The average Bonchev–Trinajstić information content (AvgIpc) is 2.98. The van der Waals surface area contributed by atoms with Crippen molar-refractivity contribution in [3.05, 3.63) is 94.5 Å². The van der Waals surface area contributed by atoms with Crippen LogP contribution in [0.25, 0.3) is 0 Å². The van der Waals surface area contributed by atoms with E-state index in [1.54, 1.807) is 7.11 Å². The van der Waals surface area contributed by atoms with Gasteiger partial charge in [-0.2, -0.15) is 0 Å². The first-order valence-corrected chi connectivity index (χ1v) is 10.0. The van der Waals surface area contributed by atoms with Gasteiger partial charge in [0.2, 0.25) is 0 Å². The summed E-state index contributed by atoms with van der Waals surface area (Å²) in [6.07, 6.45) is 0.877. The summed E-state index contributed by atoms with van der Waals surface area (Å²) in [5, 5.41) is 3.59. The van der Waals surface area contributed by atoms with Crippen molar-refractivity contribution in [2.24, 2.45) is 0 Å². The molecule has 1 N–H and O–H groups in total. The van der Waals surface area contributed by atoms with Gasteiger partial charge in [-0.1, -0.05) is 54.1 Å². The minimum absolute atomic E-state index is 0.0883. The maximum atomic E-state index is 14.0. The zero-order valence-corrected chi connectivity index (χ0v) is 16.7. The molecule has 2 heterocycles. The van der Waals surface area contributed by atoms with Crippen molar-refractivity contribution in [1.29, 1.82) is 0 Å². The van der Waals surface area contributed by atoms with Gasteiger partial charge < -0.3 is 9.64 Å². The van der Waals surface area contributed by atoms with Gasteiger partial charge in [-0.05, 0) is 48.2 Å². The zero-order chi connectivity index (χ0) is 20.0. The number of carbonyl (C=O) groups excluding carboxylic acids is 1. The third-order valence-corrected chi connectivity index (χ3v) is 6.13. The number of ether oxygens (including phenoxy) is 1. The van der Waals surface area contributed by atoms with E-state index in [0.29, 0.717) is 6.54 Å². The molecule has 29 heavy (non-hydrogen) atoms. The van der Waals surface area contributed by atoms with E-state index in [2.05, 4.69) is 54.7 Å². The number of benzene rings is 3. The Morgan fingerprint density at radius 2 is 1.83 bits per heavy atom. The second kappa shape index (κ2) is 6.75. The number of rotatable bonds is 3. The lowest BCUT2D eigenvalue weighted by Gasteiger charge is -2.36. The lowest BCUT2D eigenvalue weighted by atomic mass is 9.78. The van der Waals surface area contributed by atoms with Crippen molar-refractivity contribution >= 4 is 11.6 Å². The average molecular weight is 384 g/mol. The van der Waals surface area contributed by atoms with Crippen LogP contribution >= 0.6 is 0 Å². The van der Waals surface area contributed by atoms with Gasteiger partial charge in [-0.3, -0.25) is 10.1 Å². The molecule has 0 radical (unpaired) electrons. The second-order valence-corrected chi connectivity index (χ2v) is 7.84. The maximum Gasteiger partial charge on any atom is 0.256 e. The highest BCUT2D eigenvalue weighted by molar-refractivity contribution is 6.10. The van der Waals surface area contributed by atoms with Crippen LogP contribution in [-0.4, -0.2) is 19.6 Å². The predicted molar refractivity (Wildman–Crippen MR) is 114 cm³/mol. The Morgan fingerprint density at radius 3 is 2.62 bits per heavy atom. The molecule has 2 aliphatic rings. The van der Waals surface area contributed by atoms with Crippen LogP contribution < -0.4 is 15.0 Å². The van der Waals surface area contributed by atoms with Crippen LogP contribution in [0.4, 0.5) is 5.69 Å². The fraction of sp³-hybridized carbons (Fsp3) is 0.240. The number of anilines is 1. The van der Waals surface area contributed by atoms with E-state index in [0.717, 1.165) is 41.1 Å². The molecule has 0 bridgehead atoms. The van der Waals surface area contributed by atoms with E-state index < -0.39 is 5.54 Å². The van der Waals surface area contributed by atoms with Crippen LogP contribution in [0, 0.1) is 6.92 Å². The maximum absolute atomic E-state index is 14.0. The van der Waals surface area contributed by atoms with E-state index in [1.807, 2.05) is 29.2 Å². The molecule has 146 valence electrons. The molecule has 4 nitrogen and oxygen atoms in total. The number of fused-ring (bicyclic) bond motifs is 4. The molecule has 2 aliphatic heterocycles. The third-order valence-electron chi connectivity index (χ3n) is 6.13. The van der Waals surface area contributed by atoms with Crippen molar-refractivity contribution in [3.8, 4) is 5.75 Å². The summed E-state index contributed by atoms with van der Waals surface area (Å²) in [6.45, 7) is 3.38. The van der Waals surface area contributed by atoms with E-state index in [4.69, 9.17) is 4.74 Å². The summed E-state index contributed by atoms with van der Waals surface area (Å²) in [5.41, 5.74) is 5.73. The molecule has 1 atom stereocenters. The first-order valence-electron chi connectivity index (χ1n) is 10.0. The van der Waals surface area contributed by atoms with Gasteiger partial charge in [0.15, 0.2) is 5.54 Å². The summed E-state index contributed by atoms with van der Waals surface area (Å²) in [7, 11) is 1.68. The Hall–Kier alpha value is -3.11. The fourth-order valence-corrected chi connectivity index (χ4v) is 4.67. The minimum Gasteiger partial charge on any atom is -0.497 e. The van der Waals surface area contributed by atoms with Crippen molar-refractivity contribution < 1.29 is 9.53 Å². The highest BCUT2D eigenvalue weighted by Crippen LogP contribution is 2.47. The summed E-state index contributed by atoms with van der Waals surface area (Å²) < 4.78 is 5.42. The monoisotopic (exact) mass is 384 g/mol. The Balaban J connectivity index is 1.64. The third kappa shape index (κ3) is 2.67. The Bertz CT molecular complexity index is 1090. The van der Waals surface area contributed by atoms with Crippen LogP contribution in [-0.2, 0) is 23.3 Å². The number of carbonyl (C=O) groups is 1. The van der Waals surface area contributed by atoms with Gasteiger partial charge >= 0.3 is 0 Å². The zero-order valence-electron chi connectivity index (χ0n) is 16.7. The molecular formula is C25H24N2O2. The SMILES string of the molecule is COc1ccc2c(c1)CCNC21C(=O)N(Cc2ccc(C)cc2)c2ccccc21. The first-order chi connectivity index (χ1) is 14.1. The number of methoxy groups -OCH3 is 1. The standard InChI is InChI=1S/C25H24N2O2/c1-17-7-9-18(10-8-17)16-27-23-6-4-3-5-22(23)25(24(27)28)21-12-11-20(29-2)15-19(21)13-14-26-25/h3-12,15,26H,13-14,16H2,1-2H3. The molecule has 1 spiro atoms. The molecule has 0 saturated carbocycles. The van der Waals surface area contributed by atoms with Crippen LogP contribution in [0.1, 0.15) is 27.8 Å². The van der Waals surface area contributed by atoms with Crippen LogP contribution in [0.15, 0.2) is 66.7 Å². The molecule has 0 fully saturated rings. The minimum atomic E-state index is -0.832. The quantitative estimate of drug-likeness (QED) is 0.744. The summed E-state index contributed by atoms with van der Waals surface area (Å²) in [5.74, 6) is 0.918. The van der Waals surface area contributed by atoms with Crippen molar-refractivity contribution in [2.45, 2.75) is 25.4 Å². The van der Waals surface area contributed by atoms with E-state index in [9.17, 15) is 4.79 Å². The lowest BCUT2D eigenvalue weighted by Crippen LogP contribution is -2.54. The molecule has 4 heteroatoms. The number of aryl methyl sites for hydroxylation is 1. The normalized spacial score (nSPS) is 19.9. The van der Waals surface area contributed by atoms with Gasteiger partial charge in [0.1, 0.15) is 5.75 Å². The number of amides is 1. The number of hydrogen-bond donors (Lipinski definition) is 1. The molecule has 1 unspecified atom stereocenters. The Labute approximate surface area is 171 Å². The van der Waals surface area contributed by atoms with E-state index in [-0.39, 0.29) is 5.91 Å². The number of para-hydroxylation sites is 1. The highest BCUT2D eigenvalue weighted by Gasteiger charge is 2.53. The summed E-state index contributed by atoms with van der Waals surface area (Å²) >= 11 is 0. The molecule has 5 rings (SSSR count). The van der Waals surface area contributed by atoms with Crippen LogP contribution in [0.2, 0.25) is 0 Å². The van der Waals surface area contributed by atoms with Gasteiger partial charge in [0.05, 0.1) is 19.3 Å². The summed E-state index contributed by atoms with van der Waals surface area (Å²) in [6, 6.07) is 22.6. The van der Waals surface area contributed by atoms with Crippen molar-refractivity contribution in [2.75, 3.05) is 18.6 Å². The Morgan fingerprint density at radius 1 is 1.03 bits per heavy atom. The second-order valence-electron chi connectivity index (χ2n) is 7.84.